The molecule has 0 N–H and O–H groups in total. The predicted molar refractivity (Wildman–Crippen MR) is 228 cm³/mol. The minimum absolute atomic E-state index is 0. The zero-order valence-electron chi connectivity index (χ0n) is 37.0. The van der Waals surface area contributed by atoms with Gasteiger partial charge < -0.3 is 23.8 Å². The van der Waals surface area contributed by atoms with Crippen LogP contribution in [0.5, 0.6) is 0 Å². The molecule has 0 aromatic heterocycles. The van der Waals surface area contributed by atoms with E-state index < -0.39 is 52.7 Å². The Hall–Kier alpha value is -1.21. The van der Waals surface area contributed by atoms with Gasteiger partial charge in [0, 0.05) is 45.9 Å². The third-order valence-electron chi connectivity index (χ3n) is 11.9. The van der Waals surface area contributed by atoms with Crippen LogP contribution >= 0.6 is 12.0 Å². The smallest absolute Gasteiger partial charge is 0.748 e. The van der Waals surface area contributed by atoms with Crippen molar-refractivity contribution in [3.05, 3.63) is 119 Å². The van der Waals surface area contributed by atoms with Gasteiger partial charge in [-0.05, 0) is 126 Å². The molecule has 0 radical (unpaired) electrons. The molecule has 0 atom stereocenters. The first kappa shape index (κ1) is 55.4. The van der Waals surface area contributed by atoms with Gasteiger partial charge in [-0.3, -0.25) is 5.04 Å². The third kappa shape index (κ3) is 11.6. The number of benzene rings is 4. The molecule has 1 aliphatic carbocycles. The quantitative estimate of drug-likeness (QED) is 0.0332. The number of nitrogens with zero attached hydrogens (tertiary/aromatic N) is 2. The molecule has 0 fully saturated rings. The predicted octanol–water partition coefficient (Wildman–Crippen LogP) is -2.73. The largest absolute Gasteiger partial charge is 1.00 e. The fraction of sp³-hybridized carbons (Fsp3) is 0.326. The van der Waals surface area contributed by atoms with Gasteiger partial charge in [0.15, 0.2) is 12.3 Å². The van der Waals surface area contributed by atoms with E-state index in [1.165, 1.54) is 12.1 Å². The van der Waals surface area contributed by atoms with Gasteiger partial charge in [-0.1, -0.05) is 44.2 Å². The fourth-order valence-corrected chi connectivity index (χ4v) is 10.8. The Bertz CT molecular complexity index is 3000. The molecule has 0 bridgehead atoms. The third-order valence-corrected chi connectivity index (χ3v) is 14.7. The SMILES string of the molecule is CC1=C(C=CC2=[N+](CCS(=O)(=O)[O-])c3ccc4cc(S(=O)(=O)[O-])ccc4c3C2(C)C)CCCC1=C/C=C1/N(CCS(=O)(=O)[O-])c2ccc3cc(SOO[O-])ccc3c2C1(C)C.[Na+].[Na+].[Na+]. The number of hydrogen-bond acceptors (Lipinski definition) is 14. The van der Waals surface area contributed by atoms with Gasteiger partial charge in [-0.25, -0.2) is 25.3 Å². The zero-order chi connectivity index (χ0) is 44.3. The van der Waals surface area contributed by atoms with Crippen molar-refractivity contribution < 1.29 is 147 Å². The number of anilines is 1. The summed E-state index contributed by atoms with van der Waals surface area (Å²) in [5, 5.41) is 16.9. The Balaban J connectivity index is 0.00000299. The summed E-state index contributed by atoms with van der Waals surface area (Å²) >= 11 is 0.779. The summed E-state index contributed by atoms with van der Waals surface area (Å²) in [6, 6.07) is 16.9. The molecule has 0 unspecified atom stereocenters. The summed E-state index contributed by atoms with van der Waals surface area (Å²) in [5.74, 6) is -1.24. The van der Waals surface area contributed by atoms with Crippen molar-refractivity contribution in [1.29, 1.82) is 0 Å². The van der Waals surface area contributed by atoms with Crippen LogP contribution in [0, 0.1) is 0 Å². The number of allylic oxidation sites excluding steroid dienone is 8. The minimum Gasteiger partial charge on any atom is -0.748 e. The Morgan fingerprint density at radius 3 is 2.06 bits per heavy atom. The van der Waals surface area contributed by atoms with Gasteiger partial charge in [-0.15, -0.1) is 0 Å². The number of rotatable bonds is 13. The number of hydrogen-bond donors (Lipinski definition) is 0. The van der Waals surface area contributed by atoms with Crippen LogP contribution in [0.4, 0.5) is 11.4 Å². The Morgan fingerprint density at radius 1 is 0.766 bits per heavy atom. The molecule has 2 aliphatic heterocycles. The first-order valence-electron chi connectivity index (χ1n) is 19.3. The van der Waals surface area contributed by atoms with Crippen molar-refractivity contribution in [3.63, 3.8) is 0 Å². The van der Waals surface area contributed by atoms with E-state index in [9.17, 15) is 44.2 Å². The van der Waals surface area contributed by atoms with E-state index in [0.717, 1.165) is 87.0 Å². The van der Waals surface area contributed by atoms with E-state index in [1.54, 1.807) is 24.3 Å². The molecule has 3 aliphatic rings. The molecule has 21 heteroatoms. The molecule has 0 amide bonds. The van der Waals surface area contributed by atoms with Crippen LogP contribution in [0.25, 0.3) is 21.5 Å². The zero-order valence-corrected chi connectivity index (χ0v) is 46.2. The Kier molecular flexibility index (Phi) is 18.3. The summed E-state index contributed by atoms with van der Waals surface area (Å²) in [5.41, 5.74) is 6.48. The van der Waals surface area contributed by atoms with Crippen molar-refractivity contribution in [2.24, 2.45) is 0 Å². The second-order valence-corrected chi connectivity index (χ2v) is 21.6. The average Bonchev–Trinajstić information content (AvgIpc) is 3.54. The van der Waals surface area contributed by atoms with Crippen LogP contribution < -0.4 is 98.8 Å². The standard InChI is InChI=1S/C43H46N2O12S4.3Na/c1-27-28(11-19-38-42(2,3)40-34-15-13-32(58-57-56-46)25-30(34)9-17-36(40)44(38)21-23-59(47,48)49)7-6-8-29(27)12-20-39-43(4,5)41-35-16-14-33(61(53,54)55)26-31(35)10-18-37(41)45(39)22-24-60(50,51)52;;;/h9-20,25-26H,6-8,21-24H2,1-5H3,(H3-,46,47,48,49,50,51,52,53,54,55);;;/q;3*+1/p-3. The Labute approximate surface area is 445 Å². The van der Waals surface area contributed by atoms with Crippen LogP contribution in [-0.4, -0.2) is 73.8 Å². The van der Waals surface area contributed by atoms with Crippen LogP contribution in [-0.2, 0) is 50.6 Å². The molecule has 0 spiro atoms. The summed E-state index contributed by atoms with van der Waals surface area (Å²) < 4.78 is 113. The van der Waals surface area contributed by atoms with Crippen molar-refractivity contribution in [2.45, 2.75) is 74.5 Å². The molecule has 0 saturated carbocycles. The molecule has 4 aromatic rings. The normalized spacial score (nSPS) is 18.4. The van der Waals surface area contributed by atoms with E-state index in [0.29, 0.717) is 21.4 Å². The van der Waals surface area contributed by atoms with E-state index in [1.807, 2.05) is 92.7 Å². The summed E-state index contributed by atoms with van der Waals surface area (Å²) in [6.07, 6.45) is 10.3. The maximum absolute atomic E-state index is 11.9. The maximum Gasteiger partial charge on any atom is 1.00 e. The molecular weight excluding hydrogens is 934 g/mol. The molecule has 324 valence electrons. The Morgan fingerprint density at radius 2 is 1.41 bits per heavy atom. The van der Waals surface area contributed by atoms with Crippen molar-refractivity contribution in [3.8, 4) is 0 Å². The van der Waals surface area contributed by atoms with Gasteiger partial charge in [-0.2, -0.15) is 8.91 Å². The second kappa shape index (κ2) is 21.2. The first-order valence-corrected chi connectivity index (χ1v) is 24.6. The van der Waals surface area contributed by atoms with E-state index in [2.05, 4.69) is 9.37 Å². The topological polar surface area (TPSA) is 219 Å². The maximum atomic E-state index is 11.9. The molecular formula is C43H43N2Na3O12S4. The second-order valence-electron chi connectivity index (χ2n) is 16.4. The van der Waals surface area contributed by atoms with Gasteiger partial charge in [0.2, 0.25) is 5.69 Å². The monoisotopic (exact) mass is 976 g/mol. The van der Waals surface area contributed by atoms with Gasteiger partial charge in [0.1, 0.15) is 20.2 Å². The fourth-order valence-electron chi connectivity index (χ4n) is 9.12. The van der Waals surface area contributed by atoms with Crippen molar-refractivity contribution in [1.82, 2.24) is 0 Å². The van der Waals surface area contributed by atoms with Crippen LogP contribution in [0.3, 0.4) is 0 Å². The number of fused-ring (bicyclic) bond motifs is 6. The van der Waals surface area contributed by atoms with E-state index in [4.69, 9.17) is 0 Å². The van der Waals surface area contributed by atoms with Crippen molar-refractivity contribution >= 4 is 81.0 Å². The summed E-state index contributed by atoms with van der Waals surface area (Å²) in [7, 11) is -13.8. The van der Waals surface area contributed by atoms with E-state index in [-0.39, 0.29) is 107 Å². The van der Waals surface area contributed by atoms with Gasteiger partial charge in [0.05, 0.1) is 44.0 Å². The minimum atomic E-state index is -4.71. The molecule has 0 saturated heterocycles. The van der Waals surface area contributed by atoms with Gasteiger partial charge in [0.25, 0.3) is 0 Å². The molecule has 64 heavy (non-hydrogen) atoms. The first-order chi connectivity index (χ1) is 28.5. The molecule has 4 aromatic carbocycles. The van der Waals surface area contributed by atoms with Crippen LogP contribution in [0.15, 0.2) is 117 Å². The summed E-state index contributed by atoms with van der Waals surface area (Å²) in [4.78, 5) is 2.17. The molecule has 2 heterocycles. The van der Waals surface area contributed by atoms with Crippen molar-refractivity contribution in [2.75, 3.05) is 29.5 Å². The molecule has 14 nitrogen and oxygen atoms in total. The molecule has 7 rings (SSSR count). The van der Waals surface area contributed by atoms with E-state index >= 15 is 0 Å². The van der Waals surface area contributed by atoms with Crippen LogP contribution in [0.1, 0.15) is 65.0 Å². The average molecular weight is 977 g/mol. The summed E-state index contributed by atoms with van der Waals surface area (Å²) in [6.45, 7) is 9.90. The van der Waals surface area contributed by atoms with Gasteiger partial charge >= 0.3 is 88.7 Å². The van der Waals surface area contributed by atoms with Crippen LogP contribution in [0.2, 0.25) is 0 Å².